The zero-order valence-electron chi connectivity index (χ0n) is 14.4. The fraction of sp³-hybridized carbons (Fsp3) is 0.278. The number of hydrogen-bond acceptors (Lipinski definition) is 4. The lowest BCUT2D eigenvalue weighted by Crippen LogP contribution is -2.51. The number of carbonyl (C=O) groups excluding carboxylic acids is 1. The van der Waals surface area contributed by atoms with Crippen LogP contribution in [0.2, 0.25) is 0 Å². The molecule has 1 fully saturated rings. The molecular formula is C18H19FN6O. The molecule has 0 atom stereocenters. The topological polar surface area (TPSA) is 77.2 Å². The second-order valence-corrected chi connectivity index (χ2v) is 6.15. The summed E-state index contributed by atoms with van der Waals surface area (Å²) in [6.07, 6.45) is 1.23. The van der Waals surface area contributed by atoms with Gasteiger partial charge in [-0.25, -0.2) is 19.2 Å². The fourth-order valence-corrected chi connectivity index (χ4v) is 3.16. The van der Waals surface area contributed by atoms with Gasteiger partial charge < -0.3 is 20.1 Å². The summed E-state index contributed by atoms with van der Waals surface area (Å²) >= 11 is 0. The smallest absolute Gasteiger partial charge is 0.317 e. The Morgan fingerprint density at radius 2 is 2.00 bits per heavy atom. The number of nitrogens with one attached hydrogen (secondary N) is 2. The van der Waals surface area contributed by atoms with Crippen LogP contribution in [0.4, 0.5) is 15.0 Å². The Bertz CT molecular complexity index is 915. The molecule has 8 heteroatoms. The molecule has 0 aliphatic carbocycles. The van der Waals surface area contributed by atoms with Crippen LogP contribution in [0.3, 0.4) is 0 Å². The number of urea groups is 1. The van der Waals surface area contributed by atoms with Gasteiger partial charge in [0.25, 0.3) is 0 Å². The zero-order chi connectivity index (χ0) is 18.1. The fourth-order valence-electron chi connectivity index (χ4n) is 3.16. The maximum absolute atomic E-state index is 14.4. The number of rotatable bonds is 2. The van der Waals surface area contributed by atoms with E-state index in [1.807, 2.05) is 29.2 Å². The number of H-pyrrole nitrogens is 1. The van der Waals surface area contributed by atoms with Gasteiger partial charge in [0.2, 0.25) is 0 Å². The molecule has 4 rings (SSSR count). The number of aromatic nitrogens is 3. The highest BCUT2D eigenvalue weighted by Crippen LogP contribution is 2.26. The molecule has 1 saturated heterocycles. The highest BCUT2D eigenvalue weighted by Gasteiger charge is 2.22. The third-order valence-corrected chi connectivity index (χ3v) is 4.59. The molecule has 0 radical (unpaired) electrons. The third kappa shape index (κ3) is 2.94. The Morgan fingerprint density at radius 1 is 1.23 bits per heavy atom. The molecule has 26 heavy (non-hydrogen) atoms. The first-order valence-electron chi connectivity index (χ1n) is 8.48. The van der Waals surface area contributed by atoms with Crippen LogP contribution >= 0.6 is 0 Å². The van der Waals surface area contributed by atoms with Crippen molar-refractivity contribution in [2.24, 2.45) is 0 Å². The van der Waals surface area contributed by atoms with Gasteiger partial charge in [-0.15, -0.1) is 0 Å². The van der Waals surface area contributed by atoms with Crippen LogP contribution in [0.1, 0.15) is 0 Å². The number of halogens is 1. The number of amides is 2. The van der Waals surface area contributed by atoms with E-state index in [0.717, 1.165) is 11.0 Å². The van der Waals surface area contributed by atoms with Crippen LogP contribution in [0.25, 0.3) is 22.4 Å². The van der Waals surface area contributed by atoms with E-state index in [1.54, 1.807) is 18.0 Å². The van der Waals surface area contributed by atoms with E-state index in [1.165, 1.54) is 6.20 Å². The molecule has 134 valence electrons. The van der Waals surface area contributed by atoms with Crippen molar-refractivity contribution < 1.29 is 9.18 Å². The Labute approximate surface area is 149 Å². The van der Waals surface area contributed by atoms with Crippen molar-refractivity contribution in [1.82, 2.24) is 25.2 Å². The predicted octanol–water partition coefficient (Wildman–Crippen LogP) is 2.23. The molecule has 0 saturated carbocycles. The molecule has 0 spiro atoms. The highest BCUT2D eigenvalue weighted by atomic mass is 19.1. The molecule has 7 nitrogen and oxygen atoms in total. The summed E-state index contributed by atoms with van der Waals surface area (Å²) in [5.41, 5.74) is 2.04. The first-order chi connectivity index (χ1) is 12.7. The molecule has 0 bridgehead atoms. The lowest BCUT2D eigenvalue weighted by atomic mass is 10.2. The van der Waals surface area contributed by atoms with Crippen LogP contribution < -0.4 is 10.2 Å². The van der Waals surface area contributed by atoms with Gasteiger partial charge >= 0.3 is 6.03 Å². The van der Waals surface area contributed by atoms with Crippen LogP contribution in [0, 0.1) is 5.82 Å². The highest BCUT2D eigenvalue weighted by molar-refractivity contribution is 5.79. The quantitative estimate of drug-likeness (QED) is 0.740. The third-order valence-electron chi connectivity index (χ3n) is 4.59. The first-order valence-corrected chi connectivity index (χ1v) is 8.48. The molecule has 3 heterocycles. The van der Waals surface area contributed by atoms with E-state index < -0.39 is 5.82 Å². The largest absolute Gasteiger partial charge is 0.353 e. The molecule has 2 amide bonds. The molecule has 1 aliphatic heterocycles. The number of piperazine rings is 1. The van der Waals surface area contributed by atoms with E-state index in [-0.39, 0.29) is 6.03 Å². The average molecular weight is 354 g/mol. The molecule has 1 aliphatic rings. The number of fused-ring (bicyclic) bond motifs is 1. The Balaban J connectivity index is 1.60. The monoisotopic (exact) mass is 354 g/mol. The lowest BCUT2D eigenvalue weighted by molar-refractivity contribution is 0.196. The van der Waals surface area contributed by atoms with Crippen molar-refractivity contribution in [2.45, 2.75) is 0 Å². The summed E-state index contributed by atoms with van der Waals surface area (Å²) in [6.45, 7) is 2.48. The lowest BCUT2D eigenvalue weighted by Gasteiger charge is -2.35. The Kier molecular flexibility index (Phi) is 4.16. The van der Waals surface area contributed by atoms with Gasteiger partial charge in [-0.3, -0.25) is 0 Å². The van der Waals surface area contributed by atoms with Crippen LogP contribution in [0.5, 0.6) is 0 Å². The van der Waals surface area contributed by atoms with Gasteiger partial charge in [0, 0.05) is 33.2 Å². The predicted molar refractivity (Wildman–Crippen MR) is 97.5 cm³/mol. The van der Waals surface area contributed by atoms with Gasteiger partial charge in [-0.05, 0) is 18.2 Å². The standard InChI is InChI=1S/C18H19FN6O/c1-20-18(26)25-8-6-24(7-9-25)16-10-12(13(19)11-21-16)17-22-14-4-2-3-5-15(14)23-17/h2-5,10-11H,6-9H2,1H3,(H,20,26)(H,22,23). The number of carbonyl (C=O) groups is 1. The molecule has 1 aromatic carbocycles. The van der Waals surface area contributed by atoms with E-state index in [0.29, 0.717) is 43.4 Å². The number of aromatic amines is 1. The van der Waals surface area contributed by atoms with E-state index >= 15 is 0 Å². The van der Waals surface area contributed by atoms with Gasteiger partial charge in [0.05, 0.1) is 22.8 Å². The average Bonchev–Trinajstić information content (AvgIpc) is 3.12. The minimum absolute atomic E-state index is 0.0836. The van der Waals surface area contributed by atoms with Crippen LogP contribution in [-0.2, 0) is 0 Å². The number of para-hydroxylation sites is 2. The molecule has 2 aromatic heterocycles. The molecular weight excluding hydrogens is 335 g/mol. The van der Waals surface area contributed by atoms with Gasteiger partial charge in [-0.2, -0.15) is 0 Å². The summed E-state index contributed by atoms with van der Waals surface area (Å²) in [7, 11) is 1.62. The maximum Gasteiger partial charge on any atom is 0.317 e. The molecule has 0 unspecified atom stereocenters. The SMILES string of the molecule is CNC(=O)N1CCN(c2cc(-c3nc4ccccc4[nH]3)c(F)cn2)CC1. The molecule has 3 aromatic rings. The second kappa shape index (κ2) is 6.62. The normalized spacial score (nSPS) is 14.7. The van der Waals surface area contributed by atoms with Crippen molar-refractivity contribution in [1.29, 1.82) is 0 Å². The zero-order valence-corrected chi connectivity index (χ0v) is 14.4. The van der Waals surface area contributed by atoms with E-state index in [2.05, 4.69) is 20.3 Å². The summed E-state index contributed by atoms with van der Waals surface area (Å²) < 4.78 is 14.4. The van der Waals surface area contributed by atoms with Crippen molar-refractivity contribution in [3.05, 3.63) is 42.3 Å². The van der Waals surface area contributed by atoms with Crippen molar-refractivity contribution in [2.75, 3.05) is 38.1 Å². The second-order valence-electron chi connectivity index (χ2n) is 6.15. The Morgan fingerprint density at radius 3 is 2.73 bits per heavy atom. The van der Waals surface area contributed by atoms with Crippen LogP contribution in [0.15, 0.2) is 36.5 Å². The Hall–Kier alpha value is -3.16. The number of nitrogens with zero attached hydrogens (tertiary/aromatic N) is 4. The number of hydrogen-bond donors (Lipinski definition) is 2. The maximum atomic E-state index is 14.4. The van der Waals surface area contributed by atoms with Crippen molar-refractivity contribution in [3.63, 3.8) is 0 Å². The minimum atomic E-state index is -0.420. The van der Waals surface area contributed by atoms with Gasteiger partial charge in [0.1, 0.15) is 11.6 Å². The van der Waals surface area contributed by atoms with Crippen molar-refractivity contribution in [3.8, 4) is 11.4 Å². The number of anilines is 1. The number of benzene rings is 1. The minimum Gasteiger partial charge on any atom is -0.353 e. The first kappa shape index (κ1) is 16.3. The number of imidazole rings is 1. The summed E-state index contributed by atoms with van der Waals surface area (Å²) in [4.78, 5) is 27.3. The summed E-state index contributed by atoms with van der Waals surface area (Å²) in [6, 6.07) is 9.22. The van der Waals surface area contributed by atoms with Gasteiger partial charge in [-0.1, -0.05) is 12.1 Å². The van der Waals surface area contributed by atoms with Crippen molar-refractivity contribution >= 4 is 22.9 Å². The molecule has 2 N–H and O–H groups in total. The van der Waals surface area contributed by atoms with Gasteiger partial charge in [0.15, 0.2) is 5.82 Å². The summed E-state index contributed by atoms with van der Waals surface area (Å²) in [5.74, 6) is 0.742. The van der Waals surface area contributed by atoms with E-state index in [9.17, 15) is 9.18 Å². The van der Waals surface area contributed by atoms with E-state index in [4.69, 9.17) is 0 Å². The van der Waals surface area contributed by atoms with Crippen LogP contribution in [-0.4, -0.2) is 59.1 Å². The number of pyridine rings is 1. The summed E-state index contributed by atoms with van der Waals surface area (Å²) in [5, 5.41) is 2.63.